The Balaban J connectivity index is 1.17. The Kier molecular flexibility index (Phi) is 8.75. The van der Waals surface area contributed by atoms with E-state index in [0.717, 1.165) is 37.6 Å². The molecule has 0 aliphatic carbocycles. The van der Waals surface area contributed by atoms with Gasteiger partial charge in [-0.3, -0.25) is 4.79 Å². The molecule has 2 fully saturated rings. The fourth-order valence-electron chi connectivity index (χ4n) is 4.97. The standard InChI is InChI=1S/C29H31ClF3N5OS/c1-20-9-11-38(12-10-20)27(39)22-7-5-21(6-8-22)19-40-28-34-25(30)18-26(35-28)37-15-13-36(14-16-37)24-4-2-3-23(17-24)29(31,32)33/h2-8,17-18,20H,9-16,19H2,1H3. The monoisotopic (exact) mass is 589 g/mol. The minimum absolute atomic E-state index is 0.0853. The lowest BCUT2D eigenvalue weighted by atomic mass is 9.98. The van der Waals surface area contributed by atoms with Gasteiger partial charge in [0.25, 0.3) is 5.91 Å². The maximum atomic E-state index is 13.1. The molecule has 5 rings (SSSR count). The van der Waals surface area contributed by atoms with Crippen LogP contribution in [0.1, 0.15) is 41.3 Å². The van der Waals surface area contributed by atoms with Crippen molar-refractivity contribution in [2.45, 2.75) is 36.9 Å². The van der Waals surface area contributed by atoms with Crippen LogP contribution in [-0.2, 0) is 11.9 Å². The summed E-state index contributed by atoms with van der Waals surface area (Å²) in [6.07, 6.45) is -2.27. The highest BCUT2D eigenvalue weighted by Crippen LogP contribution is 2.32. The summed E-state index contributed by atoms with van der Waals surface area (Å²) >= 11 is 7.79. The van der Waals surface area contributed by atoms with E-state index >= 15 is 0 Å². The van der Waals surface area contributed by atoms with E-state index in [2.05, 4.69) is 16.8 Å². The highest BCUT2D eigenvalue weighted by Gasteiger charge is 2.31. The normalized spacial score (nSPS) is 16.9. The second kappa shape index (κ2) is 12.3. The number of thioether (sulfide) groups is 1. The van der Waals surface area contributed by atoms with Crippen molar-refractivity contribution in [2.75, 3.05) is 49.1 Å². The van der Waals surface area contributed by atoms with Gasteiger partial charge in [-0.15, -0.1) is 0 Å². The number of nitrogens with zero attached hydrogens (tertiary/aromatic N) is 5. The number of carbonyl (C=O) groups excluding carboxylic acids is 1. The molecule has 2 aliphatic rings. The SMILES string of the molecule is CC1CCN(C(=O)c2ccc(CSc3nc(Cl)cc(N4CCN(c5cccc(C(F)(F)F)c5)CC4)n3)cc2)CC1. The molecular weight excluding hydrogens is 559 g/mol. The van der Waals surface area contributed by atoms with E-state index in [1.54, 1.807) is 12.1 Å². The molecule has 0 N–H and O–H groups in total. The molecule has 40 heavy (non-hydrogen) atoms. The van der Waals surface area contributed by atoms with Crippen LogP contribution in [0.5, 0.6) is 0 Å². The van der Waals surface area contributed by atoms with Crippen LogP contribution in [0.25, 0.3) is 0 Å². The number of benzene rings is 2. The van der Waals surface area contributed by atoms with Gasteiger partial charge in [-0.2, -0.15) is 13.2 Å². The third kappa shape index (κ3) is 7.01. The molecule has 2 aromatic carbocycles. The Morgan fingerprint density at radius 2 is 1.62 bits per heavy atom. The van der Waals surface area contributed by atoms with Gasteiger partial charge < -0.3 is 14.7 Å². The second-order valence-corrected chi connectivity index (χ2v) is 11.6. The van der Waals surface area contributed by atoms with Crippen molar-refractivity contribution in [3.63, 3.8) is 0 Å². The largest absolute Gasteiger partial charge is 0.416 e. The summed E-state index contributed by atoms with van der Waals surface area (Å²) in [4.78, 5) is 27.8. The van der Waals surface area contributed by atoms with Gasteiger partial charge in [0.1, 0.15) is 11.0 Å². The maximum Gasteiger partial charge on any atom is 0.416 e. The third-order valence-electron chi connectivity index (χ3n) is 7.44. The van der Waals surface area contributed by atoms with Gasteiger partial charge in [0, 0.05) is 62.3 Å². The number of likely N-dealkylation sites (tertiary alicyclic amines) is 1. The molecule has 2 saturated heterocycles. The Morgan fingerprint density at radius 3 is 2.30 bits per heavy atom. The van der Waals surface area contributed by atoms with Crippen LogP contribution in [0, 0.1) is 5.92 Å². The molecule has 1 amide bonds. The van der Waals surface area contributed by atoms with E-state index in [9.17, 15) is 18.0 Å². The number of anilines is 2. The van der Waals surface area contributed by atoms with E-state index in [-0.39, 0.29) is 5.91 Å². The number of alkyl halides is 3. The van der Waals surface area contributed by atoms with Gasteiger partial charge in [-0.25, -0.2) is 9.97 Å². The van der Waals surface area contributed by atoms with E-state index in [0.29, 0.717) is 65.2 Å². The summed E-state index contributed by atoms with van der Waals surface area (Å²) in [6, 6.07) is 14.8. The number of carbonyl (C=O) groups is 1. The first-order chi connectivity index (χ1) is 19.2. The van der Waals surface area contributed by atoms with Gasteiger partial charge in [-0.1, -0.05) is 48.5 Å². The molecule has 11 heteroatoms. The Labute approximate surface area is 241 Å². The van der Waals surface area contributed by atoms with Gasteiger partial charge >= 0.3 is 6.18 Å². The molecule has 0 saturated carbocycles. The summed E-state index contributed by atoms with van der Waals surface area (Å²) in [6.45, 7) is 6.17. The molecule has 2 aliphatic heterocycles. The number of aromatic nitrogens is 2. The summed E-state index contributed by atoms with van der Waals surface area (Å²) in [5, 5.41) is 0.884. The fourth-order valence-corrected chi connectivity index (χ4v) is 6.01. The number of hydrogen-bond donors (Lipinski definition) is 0. The molecule has 1 aromatic heterocycles. The average Bonchev–Trinajstić information content (AvgIpc) is 2.96. The van der Waals surface area contributed by atoms with Crippen LogP contribution in [0.3, 0.4) is 0 Å². The zero-order valence-electron chi connectivity index (χ0n) is 22.2. The Bertz CT molecular complexity index is 1320. The zero-order valence-corrected chi connectivity index (χ0v) is 23.8. The van der Waals surface area contributed by atoms with Crippen molar-refractivity contribution in [3.8, 4) is 0 Å². The molecule has 0 bridgehead atoms. The number of piperidine rings is 1. The van der Waals surface area contributed by atoms with Crippen LogP contribution >= 0.6 is 23.4 Å². The lowest BCUT2D eigenvalue weighted by Gasteiger charge is -2.37. The topological polar surface area (TPSA) is 52.6 Å². The minimum atomic E-state index is -4.37. The zero-order chi connectivity index (χ0) is 28.3. The predicted molar refractivity (Wildman–Crippen MR) is 153 cm³/mol. The number of piperazine rings is 1. The van der Waals surface area contributed by atoms with Crippen LogP contribution < -0.4 is 9.80 Å². The summed E-state index contributed by atoms with van der Waals surface area (Å²) in [5.74, 6) is 2.08. The van der Waals surface area contributed by atoms with Gasteiger partial charge in [0.05, 0.1) is 5.56 Å². The van der Waals surface area contributed by atoms with Crippen molar-refractivity contribution in [2.24, 2.45) is 5.92 Å². The molecule has 3 aromatic rings. The summed E-state index contributed by atoms with van der Waals surface area (Å²) in [5.41, 5.74) is 1.67. The molecule has 0 unspecified atom stereocenters. The number of rotatable bonds is 6. The molecular formula is C29H31ClF3N5OS. The van der Waals surface area contributed by atoms with Gasteiger partial charge in [0.2, 0.25) is 0 Å². The highest BCUT2D eigenvalue weighted by molar-refractivity contribution is 7.98. The number of hydrogen-bond acceptors (Lipinski definition) is 6. The molecule has 212 valence electrons. The summed E-state index contributed by atoms with van der Waals surface area (Å²) < 4.78 is 39.4. The van der Waals surface area contributed by atoms with Crippen molar-refractivity contribution in [3.05, 3.63) is 76.4 Å². The predicted octanol–water partition coefficient (Wildman–Crippen LogP) is 6.64. The smallest absolute Gasteiger partial charge is 0.368 e. The van der Waals surface area contributed by atoms with Gasteiger partial charge in [-0.05, 0) is 54.7 Å². The van der Waals surface area contributed by atoms with Gasteiger partial charge in [0.15, 0.2) is 5.16 Å². The van der Waals surface area contributed by atoms with Crippen LogP contribution in [0.2, 0.25) is 5.15 Å². The van der Waals surface area contributed by atoms with Crippen molar-refractivity contribution in [1.82, 2.24) is 14.9 Å². The average molecular weight is 590 g/mol. The van der Waals surface area contributed by atoms with Crippen LogP contribution in [-0.4, -0.2) is 60.0 Å². The molecule has 6 nitrogen and oxygen atoms in total. The second-order valence-electron chi connectivity index (χ2n) is 10.3. The Hall–Kier alpha value is -2.98. The van der Waals surface area contributed by atoms with Crippen LogP contribution in [0.15, 0.2) is 59.8 Å². The Morgan fingerprint density at radius 1 is 0.950 bits per heavy atom. The van der Waals surface area contributed by atoms with E-state index < -0.39 is 11.7 Å². The van der Waals surface area contributed by atoms with E-state index in [1.165, 1.54) is 23.9 Å². The first-order valence-electron chi connectivity index (χ1n) is 13.4. The van der Waals surface area contributed by atoms with Crippen molar-refractivity contribution in [1.29, 1.82) is 0 Å². The lowest BCUT2D eigenvalue weighted by Crippen LogP contribution is -2.47. The maximum absolute atomic E-state index is 13.1. The van der Waals surface area contributed by atoms with E-state index in [4.69, 9.17) is 16.6 Å². The molecule has 0 radical (unpaired) electrons. The molecule has 3 heterocycles. The highest BCUT2D eigenvalue weighted by atomic mass is 35.5. The van der Waals surface area contributed by atoms with E-state index in [1.807, 2.05) is 34.1 Å². The summed E-state index contributed by atoms with van der Waals surface area (Å²) in [7, 11) is 0. The lowest BCUT2D eigenvalue weighted by molar-refractivity contribution is -0.137. The fraction of sp³-hybridized carbons (Fsp3) is 0.414. The molecule has 0 atom stereocenters. The number of halogens is 4. The van der Waals surface area contributed by atoms with Crippen molar-refractivity contribution < 1.29 is 18.0 Å². The molecule has 0 spiro atoms. The van der Waals surface area contributed by atoms with Crippen LogP contribution in [0.4, 0.5) is 24.7 Å². The first kappa shape index (κ1) is 28.5. The quantitative estimate of drug-likeness (QED) is 0.183. The minimum Gasteiger partial charge on any atom is -0.368 e. The number of amides is 1. The third-order valence-corrected chi connectivity index (χ3v) is 8.55. The van der Waals surface area contributed by atoms with Crippen molar-refractivity contribution >= 4 is 40.8 Å². The first-order valence-corrected chi connectivity index (χ1v) is 14.7.